The van der Waals surface area contributed by atoms with Gasteiger partial charge < -0.3 is 21.3 Å². The highest BCUT2D eigenvalue weighted by molar-refractivity contribution is 5.82. The number of guanidine groups is 1. The van der Waals surface area contributed by atoms with Crippen molar-refractivity contribution in [2.24, 2.45) is 21.7 Å². The van der Waals surface area contributed by atoms with Gasteiger partial charge in [-0.3, -0.25) is 0 Å². The van der Waals surface area contributed by atoms with Crippen molar-refractivity contribution in [1.29, 1.82) is 0 Å². The van der Waals surface area contributed by atoms with E-state index in [1.54, 1.807) is 12.1 Å². The Hall–Kier alpha value is -2.08. The SMILES string of the molecule is CC(C)Oc1ccc(C=NN=C(N)N)cc1CO. The number of hydrogen-bond donors (Lipinski definition) is 3. The van der Waals surface area contributed by atoms with E-state index >= 15 is 0 Å². The lowest BCUT2D eigenvalue weighted by molar-refractivity contribution is 0.225. The van der Waals surface area contributed by atoms with Crippen LogP contribution in [0.25, 0.3) is 0 Å². The van der Waals surface area contributed by atoms with Crippen molar-refractivity contribution in [3.8, 4) is 5.75 Å². The molecule has 6 nitrogen and oxygen atoms in total. The first-order chi connectivity index (χ1) is 8.52. The molecule has 1 aromatic rings. The maximum absolute atomic E-state index is 9.28. The Labute approximate surface area is 106 Å². The number of nitrogens with zero attached hydrogens (tertiary/aromatic N) is 2. The molecule has 1 rings (SSSR count). The number of hydrogen-bond acceptors (Lipinski definition) is 4. The van der Waals surface area contributed by atoms with Crippen LogP contribution in [0.1, 0.15) is 25.0 Å². The molecule has 0 fully saturated rings. The largest absolute Gasteiger partial charge is 0.491 e. The Morgan fingerprint density at radius 3 is 2.72 bits per heavy atom. The fraction of sp³-hybridized carbons (Fsp3) is 0.333. The zero-order valence-electron chi connectivity index (χ0n) is 10.5. The summed E-state index contributed by atoms with van der Waals surface area (Å²) in [6.07, 6.45) is 1.55. The first kappa shape index (κ1) is 14.0. The average Bonchev–Trinajstić information content (AvgIpc) is 2.29. The third kappa shape index (κ3) is 4.42. The molecule has 0 unspecified atom stereocenters. The first-order valence-electron chi connectivity index (χ1n) is 5.55. The zero-order valence-corrected chi connectivity index (χ0v) is 10.5. The van der Waals surface area contributed by atoms with Crippen molar-refractivity contribution in [2.45, 2.75) is 26.6 Å². The first-order valence-corrected chi connectivity index (χ1v) is 5.55. The van der Waals surface area contributed by atoms with Gasteiger partial charge in [-0.2, -0.15) is 5.10 Å². The third-order valence-corrected chi connectivity index (χ3v) is 2.00. The van der Waals surface area contributed by atoms with E-state index in [-0.39, 0.29) is 18.7 Å². The Balaban J connectivity index is 2.91. The predicted octanol–water partition coefficient (Wildman–Crippen LogP) is 0.573. The molecule has 0 atom stereocenters. The minimum atomic E-state index is -0.105. The van der Waals surface area contributed by atoms with Gasteiger partial charge >= 0.3 is 0 Å². The summed E-state index contributed by atoms with van der Waals surface area (Å²) >= 11 is 0. The Bertz CT molecular complexity index is 451. The number of aliphatic hydroxyl groups excluding tert-OH is 1. The highest BCUT2D eigenvalue weighted by Gasteiger charge is 2.05. The molecular weight excluding hydrogens is 232 g/mol. The number of nitrogens with two attached hydrogens (primary N) is 2. The van der Waals surface area contributed by atoms with E-state index in [1.807, 2.05) is 19.9 Å². The number of aliphatic hydroxyl groups is 1. The number of ether oxygens (including phenoxy) is 1. The molecule has 0 heterocycles. The van der Waals surface area contributed by atoms with Gasteiger partial charge in [0.15, 0.2) is 0 Å². The molecule has 0 radical (unpaired) electrons. The molecule has 1 aromatic carbocycles. The molecule has 0 aliphatic rings. The van der Waals surface area contributed by atoms with Crippen molar-refractivity contribution in [1.82, 2.24) is 0 Å². The smallest absolute Gasteiger partial charge is 0.211 e. The lowest BCUT2D eigenvalue weighted by Crippen LogP contribution is -2.21. The van der Waals surface area contributed by atoms with Crippen LogP contribution < -0.4 is 16.2 Å². The van der Waals surface area contributed by atoms with Crippen LogP contribution >= 0.6 is 0 Å². The van der Waals surface area contributed by atoms with Crippen LogP contribution in [0.2, 0.25) is 0 Å². The molecule has 0 spiro atoms. The van der Waals surface area contributed by atoms with Gasteiger partial charge in [-0.1, -0.05) is 0 Å². The van der Waals surface area contributed by atoms with Gasteiger partial charge in [-0.25, -0.2) is 0 Å². The van der Waals surface area contributed by atoms with Crippen LogP contribution in [0.3, 0.4) is 0 Å². The van der Waals surface area contributed by atoms with E-state index in [2.05, 4.69) is 10.2 Å². The van der Waals surface area contributed by atoms with Crippen molar-refractivity contribution >= 4 is 12.2 Å². The maximum Gasteiger partial charge on any atom is 0.211 e. The zero-order chi connectivity index (χ0) is 13.5. The van der Waals surface area contributed by atoms with E-state index < -0.39 is 0 Å². The van der Waals surface area contributed by atoms with E-state index in [4.69, 9.17) is 16.2 Å². The van der Waals surface area contributed by atoms with E-state index in [0.717, 1.165) is 5.56 Å². The van der Waals surface area contributed by atoms with Gasteiger partial charge in [0.05, 0.1) is 18.9 Å². The summed E-state index contributed by atoms with van der Waals surface area (Å²) in [5.74, 6) is 0.555. The lowest BCUT2D eigenvalue weighted by Gasteiger charge is -2.13. The van der Waals surface area contributed by atoms with Gasteiger partial charge in [0.25, 0.3) is 0 Å². The number of rotatable bonds is 5. The van der Waals surface area contributed by atoms with Gasteiger partial charge in [-0.15, -0.1) is 5.10 Å². The molecule has 0 aliphatic heterocycles. The average molecular weight is 250 g/mol. The highest BCUT2D eigenvalue weighted by atomic mass is 16.5. The normalized spacial score (nSPS) is 10.9. The molecule has 0 saturated heterocycles. The van der Waals surface area contributed by atoms with Crippen LogP contribution in [-0.4, -0.2) is 23.4 Å². The van der Waals surface area contributed by atoms with Crippen LogP contribution in [-0.2, 0) is 6.61 Å². The van der Waals surface area contributed by atoms with Gasteiger partial charge in [0.2, 0.25) is 5.96 Å². The Morgan fingerprint density at radius 1 is 1.44 bits per heavy atom. The fourth-order valence-corrected chi connectivity index (χ4v) is 1.33. The summed E-state index contributed by atoms with van der Waals surface area (Å²) in [6.45, 7) is 3.75. The second-order valence-corrected chi connectivity index (χ2v) is 3.96. The Kier molecular flexibility index (Phi) is 5.13. The standard InChI is InChI=1S/C12H18N4O2/c1-8(2)18-11-4-3-9(5-10(11)7-17)6-15-16-12(13)14/h3-6,8,17H,7H2,1-2H3,(H4,13,14,16). The fourth-order valence-electron chi connectivity index (χ4n) is 1.33. The molecule has 98 valence electrons. The van der Waals surface area contributed by atoms with Crippen molar-refractivity contribution in [2.75, 3.05) is 0 Å². The molecule has 0 amide bonds. The molecule has 0 aromatic heterocycles. The highest BCUT2D eigenvalue weighted by Crippen LogP contribution is 2.20. The van der Waals surface area contributed by atoms with Crippen molar-refractivity contribution < 1.29 is 9.84 Å². The Morgan fingerprint density at radius 2 is 2.17 bits per heavy atom. The summed E-state index contributed by atoms with van der Waals surface area (Å²) < 4.78 is 5.56. The molecule has 5 N–H and O–H groups in total. The van der Waals surface area contributed by atoms with Crippen molar-refractivity contribution in [3.63, 3.8) is 0 Å². The van der Waals surface area contributed by atoms with E-state index in [1.165, 1.54) is 6.21 Å². The van der Waals surface area contributed by atoms with E-state index in [0.29, 0.717) is 11.3 Å². The van der Waals surface area contributed by atoms with Gasteiger partial charge in [-0.05, 0) is 37.6 Å². The molecule has 0 saturated carbocycles. The minimum absolute atomic E-state index is 0.0523. The predicted molar refractivity (Wildman–Crippen MR) is 71.5 cm³/mol. The summed E-state index contributed by atoms with van der Waals surface area (Å²) in [6, 6.07) is 5.36. The molecule has 0 bridgehead atoms. The maximum atomic E-state index is 9.28. The lowest BCUT2D eigenvalue weighted by atomic mass is 10.1. The van der Waals surface area contributed by atoms with Crippen LogP contribution in [0.15, 0.2) is 28.4 Å². The monoisotopic (exact) mass is 250 g/mol. The van der Waals surface area contributed by atoms with Crippen LogP contribution in [0.4, 0.5) is 0 Å². The third-order valence-electron chi connectivity index (χ3n) is 2.00. The molecule has 6 heteroatoms. The summed E-state index contributed by atoms with van der Waals surface area (Å²) in [5.41, 5.74) is 11.8. The van der Waals surface area contributed by atoms with Gasteiger partial charge in [0, 0.05) is 5.56 Å². The van der Waals surface area contributed by atoms with Gasteiger partial charge in [0.1, 0.15) is 5.75 Å². The quantitative estimate of drug-likeness (QED) is 0.403. The summed E-state index contributed by atoms with van der Waals surface area (Å²) in [5, 5.41) is 16.5. The van der Waals surface area contributed by atoms with Crippen molar-refractivity contribution in [3.05, 3.63) is 29.3 Å². The number of benzene rings is 1. The minimum Gasteiger partial charge on any atom is -0.491 e. The topological polar surface area (TPSA) is 106 Å². The second-order valence-electron chi connectivity index (χ2n) is 3.96. The van der Waals surface area contributed by atoms with Crippen LogP contribution in [0, 0.1) is 0 Å². The summed E-state index contributed by atoms with van der Waals surface area (Å²) in [4.78, 5) is 0. The second kappa shape index (κ2) is 6.61. The summed E-state index contributed by atoms with van der Waals surface area (Å²) in [7, 11) is 0. The molecule has 0 aliphatic carbocycles. The molecular formula is C12H18N4O2. The molecule has 18 heavy (non-hydrogen) atoms. The van der Waals surface area contributed by atoms with Crippen LogP contribution in [0.5, 0.6) is 5.75 Å². The van der Waals surface area contributed by atoms with E-state index in [9.17, 15) is 5.11 Å².